The molecule has 0 bridgehead atoms. The van der Waals surface area contributed by atoms with Crippen LogP contribution >= 0.6 is 0 Å². The first-order chi connectivity index (χ1) is 7.55. The normalized spacial score (nSPS) is 33.8. The van der Waals surface area contributed by atoms with Gasteiger partial charge >= 0.3 is 0 Å². The molecule has 2 aliphatic rings. The lowest BCUT2D eigenvalue weighted by Gasteiger charge is -2.36. The molecule has 4 nitrogen and oxygen atoms in total. The largest absolute Gasteiger partial charge is 0.375 e. The van der Waals surface area contributed by atoms with Crippen molar-refractivity contribution in [3.8, 4) is 0 Å². The molecule has 2 rings (SSSR count). The van der Waals surface area contributed by atoms with Gasteiger partial charge in [0.1, 0.15) is 0 Å². The zero-order valence-corrected chi connectivity index (χ0v) is 10.2. The zero-order chi connectivity index (χ0) is 11.6. The van der Waals surface area contributed by atoms with Gasteiger partial charge in [0.25, 0.3) is 0 Å². The standard InChI is InChI=1S/C12H22N2O2/c1-12(2)7-9(5-6-16-12)13-8-10-3-4-11(15)14-10/h9-10,13H,3-8H2,1-2H3,(H,14,15). The SMILES string of the molecule is CC1(C)CC(NCC2CCC(=O)N2)CCO1. The Morgan fingerprint density at radius 3 is 2.94 bits per heavy atom. The van der Waals surface area contributed by atoms with Gasteiger partial charge in [-0.2, -0.15) is 0 Å². The molecule has 2 fully saturated rings. The fraction of sp³-hybridized carbons (Fsp3) is 0.917. The summed E-state index contributed by atoms with van der Waals surface area (Å²) in [5, 5.41) is 6.53. The Morgan fingerprint density at radius 1 is 1.50 bits per heavy atom. The lowest BCUT2D eigenvalue weighted by atomic mass is 9.94. The average Bonchev–Trinajstić information content (AvgIpc) is 2.60. The molecular formula is C12H22N2O2. The first kappa shape index (κ1) is 11.9. The van der Waals surface area contributed by atoms with Crippen LogP contribution in [0, 0.1) is 0 Å². The van der Waals surface area contributed by atoms with Crippen molar-refractivity contribution in [1.29, 1.82) is 0 Å². The number of nitrogens with one attached hydrogen (secondary N) is 2. The molecule has 0 aliphatic carbocycles. The van der Waals surface area contributed by atoms with Crippen molar-refractivity contribution in [2.45, 2.75) is 57.2 Å². The van der Waals surface area contributed by atoms with Gasteiger partial charge in [0, 0.05) is 31.7 Å². The van der Waals surface area contributed by atoms with E-state index in [1.165, 1.54) is 0 Å². The number of carbonyl (C=O) groups excluding carboxylic acids is 1. The minimum absolute atomic E-state index is 0.00512. The second-order valence-electron chi connectivity index (χ2n) is 5.51. The molecule has 16 heavy (non-hydrogen) atoms. The van der Waals surface area contributed by atoms with E-state index in [9.17, 15) is 4.79 Å². The number of hydrogen-bond acceptors (Lipinski definition) is 3. The predicted octanol–water partition coefficient (Wildman–Crippen LogP) is 0.812. The molecule has 2 N–H and O–H groups in total. The van der Waals surface area contributed by atoms with Crippen molar-refractivity contribution in [1.82, 2.24) is 10.6 Å². The van der Waals surface area contributed by atoms with Crippen molar-refractivity contribution >= 4 is 5.91 Å². The highest BCUT2D eigenvalue weighted by Crippen LogP contribution is 2.23. The lowest BCUT2D eigenvalue weighted by molar-refractivity contribution is -0.119. The van der Waals surface area contributed by atoms with Crippen LogP contribution in [0.3, 0.4) is 0 Å². The molecule has 0 aromatic carbocycles. The minimum Gasteiger partial charge on any atom is -0.375 e. The quantitative estimate of drug-likeness (QED) is 0.749. The summed E-state index contributed by atoms with van der Waals surface area (Å²) >= 11 is 0. The number of hydrogen-bond donors (Lipinski definition) is 2. The van der Waals surface area contributed by atoms with Crippen molar-refractivity contribution in [3.05, 3.63) is 0 Å². The number of rotatable bonds is 3. The Hall–Kier alpha value is -0.610. The van der Waals surface area contributed by atoms with Crippen LogP contribution < -0.4 is 10.6 Å². The second kappa shape index (κ2) is 4.72. The summed E-state index contributed by atoms with van der Waals surface area (Å²) in [6.07, 6.45) is 3.78. The summed E-state index contributed by atoms with van der Waals surface area (Å²) in [7, 11) is 0. The topological polar surface area (TPSA) is 50.4 Å². The van der Waals surface area contributed by atoms with E-state index in [0.717, 1.165) is 32.4 Å². The molecule has 0 radical (unpaired) electrons. The summed E-state index contributed by atoms with van der Waals surface area (Å²) in [5.74, 6) is 0.194. The highest BCUT2D eigenvalue weighted by molar-refractivity contribution is 5.78. The van der Waals surface area contributed by atoms with E-state index in [1.54, 1.807) is 0 Å². The highest BCUT2D eigenvalue weighted by Gasteiger charge is 2.29. The molecule has 2 heterocycles. The molecule has 0 saturated carbocycles. The van der Waals surface area contributed by atoms with Crippen LogP contribution in [0.2, 0.25) is 0 Å². The molecule has 0 aromatic rings. The van der Waals surface area contributed by atoms with E-state index < -0.39 is 0 Å². The van der Waals surface area contributed by atoms with Gasteiger partial charge in [-0.15, -0.1) is 0 Å². The summed E-state index contributed by atoms with van der Waals surface area (Å²) in [5.41, 5.74) is -0.00512. The summed E-state index contributed by atoms with van der Waals surface area (Å²) in [6, 6.07) is 0.861. The summed E-state index contributed by atoms with van der Waals surface area (Å²) < 4.78 is 5.67. The fourth-order valence-electron chi connectivity index (χ4n) is 2.55. The predicted molar refractivity (Wildman–Crippen MR) is 62.2 cm³/mol. The van der Waals surface area contributed by atoms with E-state index in [-0.39, 0.29) is 11.5 Å². The first-order valence-electron chi connectivity index (χ1n) is 6.22. The molecule has 1 amide bonds. The molecule has 0 aromatic heterocycles. The maximum Gasteiger partial charge on any atom is 0.220 e. The highest BCUT2D eigenvalue weighted by atomic mass is 16.5. The van der Waals surface area contributed by atoms with Gasteiger partial charge in [-0.25, -0.2) is 0 Å². The number of ether oxygens (including phenoxy) is 1. The van der Waals surface area contributed by atoms with Crippen molar-refractivity contribution < 1.29 is 9.53 Å². The van der Waals surface area contributed by atoms with E-state index in [1.807, 2.05) is 0 Å². The van der Waals surface area contributed by atoms with Gasteiger partial charge in [-0.3, -0.25) is 4.79 Å². The average molecular weight is 226 g/mol. The Bertz CT molecular complexity index is 266. The second-order valence-corrected chi connectivity index (χ2v) is 5.51. The maximum absolute atomic E-state index is 11.0. The Labute approximate surface area is 97.1 Å². The van der Waals surface area contributed by atoms with Gasteiger partial charge in [0.05, 0.1) is 5.60 Å². The third-order valence-corrected chi connectivity index (χ3v) is 3.43. The first-order valence-corrected chi connectivity index (χ1v) is 6.22. The number of amides is 1. The van der Waals surface area contributed by atoms with Crippen LogP contribution in [-0.2, 0) is 9.53 Å². The zero-order valence-electron chi connectivity index (χ0n) is 10.2. The fourth-order valence-corrected chi connectivity index (χ4v) is 2.55. The van der Waals surface area contributed by atoms with Crippen LogP contribution in [0.25, 0.3) is 0 Å². The van der Waals surface area contributed by atoms with Crippen molar-refractivity contribution in [2.75, 3.05) is 13.2 Å². The van der Waals surface area contributed by atoms with E-state index in [2.05, 4.69) is 24.5 Å². The van der Waals surface area contributed by atoms with Crippen LogP contribution in [0.4, 0.5) is 0 Å². The molecule has 2 saturated heterocycles. The van der Waals surface area contributed by atoms with Crippen molar-refractivity contribution in [2.24, 2.45) is 0 Å². The Balaban J connectivity index is 1.71. The van der Waals surface area contributed by atoms with E-state index in [0.29, 0.717) is 18.5 Å². The smallest absolute Gasteiger partial charge is 0.220 e. The van der Waals surface area contributed by atoms with Gasteiger partial charge < -0.3 is 15.4 Å². The molecule has 2 atom stereocenters. The molecular weight excluding hydrogens is 204 g/mol. The molecule has 4 heteroatoms. The van der Waals surface area contributed by atoms with Crippen LogP contribution in [0.5, 0.6) is 0 Å². The van der Waals surface area contributed by atoms with Crippen LogP contribution in [-0.4, -0.2) is 36.7 Å². The van der Waals surface area contributed by atoms with Crippen LogP contribution in [0.1, 0.15) is 39.5 Å². The Morgan fingerprint density at radius 2 is 2.31 bits per heavy atom. The van der Waals surface area contributed by atoms with Crippen molar-refractivity contribution in [3.63, 3.8) is 0 Å². The van der Waals surface area contributed by atoms with Gasteiger partial charge in [0.15, 0.2) is 0 Å². The number of carbonyl (C=O) groups is 1. The summed E-state index contributed by atoms with van der Waals surface area (Å²) in [6.45, 7) is 6.00. The third-order valence-electron chi connectivity index (χ3n) is 3.43. The molecule has 0 spiro atoms. The van der Waals surface area contributed by atoms with E-state index in [4.69, 9.17) is 4.74 Å². The maximum atomic E-state index is 11.0. The van der Waals surface area contributed by atoms with Gasteiger partial charge in [-0.1, -0.05) is 0 Å². The van der Waals surface area contributed by atoms with Crippen LogP contribution in [0.15, 0.2) is 0 Å². The minimum atomic E-state index is -0.00512. The van der Waals surface area contributed by atoms with E-state index >= 15 is 0 Å². The molecule has 2 unspecified atom stereocenters. The lowest BCUT2D eigenvalue weighted by Crippen LogP contribution is -2.47. The van der Waals surface area contributed by atoms with Gasteiger partial charge in [-0.05, 0) is 33.1 Å². The molecule has 92 valence electrons. The molecule has 2 aliphatic heterocycles. The monoisotopic (exact) mass is 226 g/mol. The summed E-state index contributed by atoms with van der Waals surface area (Å²) in [4.78, 5) is 11.0. The van der Waals surface area contributed by atoms with Gasteiger partial charge in [0.2, 0.25) is 5.91 Å². The Kier molecular flexibility index (Phi) is 3.50. The third kappa shape index (κ3) is 3.19.